The van der Waals surface area contributed by atoms with Gasteiger partial charge in [-0.2, -0.15) is 0 Å². The lowest BCUT2D eigenvalue weighted by molar-refractivity contribution is 0.500. The van der Waals surface area contributed by atoms with Crippen LogP contribution in [-0.2, 0) is 13.1 Å². The van der Waals surface area contributed by atoms with E-state index >= 15 is 0 Å². The number of hydrogen-bond acceptors (Lipinski definition) is 3. The highest BCUT2D eigenvalue weighted by Gasteiger charge is 2.06. The van der Waals surface area contributed by atoms with Crippen molar-refractivity contribution in [3.05, 3.63) is 45.0 Å². The first kappa shape index (κ1) is 14.7. The Hall–Kier alpha value is -1.75. The number of furan rings is 1. The minimum atomic E-state index is 0.715. The molecular formula is C15H21N3OS. The predicted octanol–water partition coefficient (Wildman–Crippen LogP) is 3.13. The Morgan fingerprint density at radius 2 is 2.00 bits per heavy atom. The van der Waals surface area contributed by atoms with Crippen LogP contribution in [0.4, 0.5) is 0 Å². The fourth-order valence-electron chi connectivity index (χ4n) is 2.01. The van der Waals surface area contributed by atoms with Crippen molar-refractivity contribution in [1.29, 1.82) is 0 Å². The maximum Gasteiger partial charge on any atom is 0.191 e. The summed E-state index contributed by atoms with van der Waals surface area (Å²) in [6.45, 7) is 7.58. The number of hydrogen-bond donors (Lipinski definition) is 2. The third kappa shape index (κ3) is 3.63. The van der Waals surface area contributed by atoms with Gasteiger partial charge >= 0.3 is 0 Å². The quantitative estimate of drug-likeness (QED) is 0.672. The summed E-state index contributed by atoms with van der Waals surface area (Å²) in [4.78, 5) is 5.57. The fraction of sp³-hybridized carbons (Fsp3) is 0.400. The molecule has 20 heavy (non-hydrogen) atoms. The zero-order chi connectivity index (χ0) is 14.5. The van der Waals surface area contributed by atoms with Crippen molar-refractivity contribution < 1.29 is 4.42 Å². The van der Waals surface area contributed by atoms with E-state index in [1.807, 2.05) is 13.8 Å². The van der Waals surface area contributed by atoms with Crippen LogP contribution in [0.2, 0.25) is 0 Å². The number of thiophene rings is 1. The molecule has 2 rings (SSSR count). The first-order valence-electron chi connectivity index (χ1n) is 6.63. The standard InChI is InChI=1S/C15H21N3OS/c1-10-5-6-20-14(10)9-18-15(16-4)17-8-13-7-11(2)19-12(13)3/h5-7H,8-9H2,1-4H3,(H2,16,17,18). The summed E-state index contributed by atoms with van der Waals surface area (Å²) in [5, 5.41) is 8.74. The van der Waals surface area contributed by atoms with E-state index in [9.17, 15) is 0 Å². The van der Waals surface area contributed by atoms with Gasteiger partial charge in [0.15, 0.2) is 5.96 Å². The SMILES string of the molecule is CN=C(NCc1cc(C)oc1C)NCc1sccc1C. The lowest BCUT2D eigenvalue weighted by atomic mass is 10.2. The van der Waals surface area contributed by atoms with E-state index in [0.29, 0.717) is 6.54 Å². The van der Waals surface area contributed by atoms with Gasteiger partial charge in [0.05, 0.1) is 6.54 Å². The van der Waals surface area contributed by atoms with Crippen molar-refractivity contribution >= 4 is 17.3 Å². The van der Waals surface area contributed by atoms with Crippen LogP contribution in [0.25, 0.3) is 0 Å². The molecule has 0 aliphatic rings. The van der Waals surface area contributed by atoms with Gasteiger partial charge in [0, 0.05) is 24.0 Å². The summed E-state index contributed by atoms with van der Waals surface area (Å²) < 4.78 is 5.52. The van der Waals surface area contributed by atoms with Crippen LogP contribution in [0.15, 0.2) is 26.9 Å². The Labute approximate surface area is 123 Å². The summed E-state index contributed by atoms with van der Waals surface area (Å²) in [6, 6.07) is 4.19. The molecule has 0 fully saturated rings. The van der Waals surface area contributed by atoms with Crippen LogP contribution in [-0.4, -0.2) is 13.0 Å². The van der Waals surface area contributed by atoms with Crippen molar-refractivity contribution in [3.8, 4) is 0 Å². The zero-order valence-electron chi connectivity index (χ0n) is 12.4. The van der Waals surface area contributed by atoms with Gasteiger partial charge in [-0.05, 0) is 43.8 Å². The second-order valence-electron chi connectivity index (χ2n) is 4.74. The van der Waals surface area contributed by atoms with E-state index in [1.54, 1.807) is 18.4 Å². The van der Waals surface area contributed by atoms with Crippen molar-refractivity contribution in [2.75, 3.05) is 7.05 Å². The number of aryl methyl sites for hydroxylation is 3. The molecule has 2 aromatic heterocycles. The van der Waals surface area contributed by atoms with Gasteiger partial charge in [0.1, 0.15) is 11.5 Å². The number of nitrogens with zero attached hydrogens (tertiary/aromatic N) is 1. The van der Waals surface area contributed by atoms with E-state index < -0.39 is 0 Å². The molecule has 0 amide bonds. The summed E-state index contributed by atoms with van der Waals surface area (Å²) >= 11 is 1.76. The molecule has 4 nitrogen and oxygen atoms in total. The minimum Gasteiger partial charge on any atom is -0.466 e. The molecule has 2 heterocycles. The van der Waals surface area contributed by atoms with Gasteiger partial charge in [0.2, 0.25) is 0 Å². The maximum atomic E-state index is 5.52. The van der Waals surface area contributed by atoms with Crippen LogP contribution in [0.5, 0.6) is 0 Å². The van der Waals surface area contributed by atoms with Crippen LogP contribution < -0.4 is 10.6 Å². The van der Waals surface area contributed by atoms with Crippen molar-refractivity contribution in [3.63, 3.8) is 0 Å². The molecule has 2 aromatic rings. The Morgan fingerprint density at radius 1 is 1.25 bits per heavy atom. The average molecular weight is 291 g/mol. The molecule has 5 heteroatoms. The van der Waals surface area contributed by atoms with Crippen LogP contribution in [0.3, 0.4) is 0 Å². The number of nitrogens with one attached hydrogen (secondary N) is 2. The van der Waals surface area contributed by atoms with Gasteiger partial charge in [-0.25, -0.2) is 0 Å². The Balaban J connectivity index is 1.87. The van der Waals surface area contributed by atoms with Crippen molar-refractivity contribution in [1.82, 2.24) is 10.6 Å². The van der Waals surface area contributed by atoms with Gasteiger partial charge in [-0.15, -0.1) is 11.3 Å². The largest absolute Gasteiger partial charge is 0.466 e. The van der Waals surface area contributed by atoms with E-state index in [0.717, 1.165) is 29.6 Å². The summed E-state index contributed by atoms with van der Waals surface area (Å²) in [5.74, 6) is 2.70. The van der Waals surface area contributed by atoms with Gasteiger partial charge in [-0.1, -0.05) is 0 Å². The highest BCUT2D eigenvalue weighted by atomic mass is 32.1. The number of aliphatic imine (C=N–C) groups is 1. The topological polar surface area (TPSA) is 49.6 Å². The molecule has 2 N–H and O–H groups in total. The third-order valence-electron chi connectivity index (χ3n) is 3.20. The van der Waals surface area contributed by atoms with Crippen molar-refractivity contribution in [2.45, 2.75) is 33.9 Å². The Kier molecular flexibility index (Phi) is 4.84. The van der Waals surface area contributed by atoms with Gasteiger partial charge in [0.25, 0.3) is 0 Å². The lowest BCUT2D eigenvalue weighted by Gasteiger charge is -2.11. The van der Waals surface area contributed by atoms with E-state index in [2.05, 4.69) is 40.1 Å². The number of rotatable bonds is 4. The highest BCUT2D eigenvalue weighted by molar-refractivity contribution is 7.10. The number of guanidine groups is 1. The van der Waals surface area contributed by atoms with Crippen LogP contribution >= 0.6 is 11.3 Å². The molecule has 0 aromatic carbocycles. The van der Waals surface area contributed by atoms with Crippen LogP contribution in [0, 0.1) is 20.8 Å². The van der Waals surface area contributed by atoms with Gasteiger partial charge < -0.3 is 15.1 Å². The summed E-state index contributed by atoms with van der Waals surface area (Å²) in [7, 11) is 1.78. The second-order valence-corrected chi connectivity index (χ2v) is 5.75. The molecule has 0 saturated carbocycles. The first-order chi connectivity index (χ1) is 9.60. The van der Waals surface area contributed by atoms with Crippen molar-refractivity contribution in [2.24, 2.45) is 4.99 Å². The molecule has 0 atom stereocenters. The van der Waals surface area contributed by atoms with E-state index in [-0.39, 0.29) is 0 Å². The lowest BCUT2D eigenvalue weighted by Crippen LogP contribution is -2.36. The second kappa shape index (κ2) is 6.61. The molecule has 0 radical (unpaired) electrons. The summed E-state index contributed by atoms with van der Waals surface area (Å²) in [6.07, 6.45) is 0. The summed E-state index contributed by atoms with van der Waals surface area (Å²) in [5.41, 5.74) is 2.48. The molecule has 108 valence electrons. The molecular weight excluding hydrogens is 270 g/mol. The van der Waals surface area contributed by atoms with Crippen LogP contribution in [0.1, 0.15) is 27.5 Å². The highest BCUT2D eigenvalue weighted by Crippen LogP contribution is 2.15. The first-order valence-corrected chi connectivity index (χ1v) is 7.51. The predicted molar refractivity (Wildman–Crippen MR) is 84.3 cm³/mol. The fourth-order valence-corrected chi connectivity index (χ4v) is 2.85. The maximum absolute atomic E-state index is 5.52. The van der Waals surface area contributed by atoms with E-state index in [4.69, 9.17) is 4.42 Å². The Bertz CT molecular complexity index is 598. The average Bonchev–Trinajstić information content (AvgIpc) is 2.96. The minimum absolute atomic E-state index is 0.715. The van der Waals surface area contributed by atoms with E-state index in [1.165, 1.54) is 10.4 Å². The molecule has 0 unspecified atom stereocenters. The van der Waals surface area contributed by atoms with Gasteiger partial charge in [-0.3, -0.25) is 4.99 Å². The zero-order valence-corrected chi connectivity index (χ0v) is 13.2. The molecule has 0 aliphatic heterocycles. The Morgan fingerprint density at radius 3 is 2.55 bits per heavy atom. The monoisotopic (exact) mass is 291 g/mol. The molecule has 0 saturated heterocycles. The third-order valence-corrected chi connectivity index (χ3v) is 4.22. The molecule has 0 spiro atoms. The normalized spacial score (nSPS) is 11.7. The molecule has 0 bridgehead atoms. The molecule has 0 aliphatic carbocycles. The smallest absolute Gasteiger partial charge is 0.191 e.